The monoisotopic (exact) mass is 267 g/mol. The van der Waals surface area contributed by atoms with Gasteiger partial charge in [-0.3, -0.25) is 9.69 Å². The molecule has 0 bridgehead atoms. The summed E-state index contributed by atoms with van der Waals surface area (Å²) in [5.74, 6) is -0.295. The van der Waals surface area contributed by atoms with Crippen LogP contribution in [0.5, 0.6) is 0 Å². The van der Waals surface area contributed by atoms with Gasteiger partial charge in [-0.05, 0) is 36.7 Å². The lowest BCUT2D eigenvalue weighted by atomic mass is 10.1. The van der Waals surface area contributed by atoms with E-state index < -0.39 is 0 Å². The van der Waals surface area contributed by atoms with Crippen LogP contribution in [-0.2, 0) is 17.9 Å². The first-order valence-corrected chi connectivity index (χ1v) is 6.57. The van der Waals surface area contributed by atoms with Crippen molar-refractivity contribution in [3.63, 3.8) is 0 Å². The summed E-state index contributed by atoms with van der Waals surface area (Å²) in [6.45, 7) is 6.40. The molecular formula is C14H22FN3O. The molecule has 19 heavy (non-hydrogen) atoms. The van der Waals surface area contributed by atoms with Crippen LogP contribution in [0.15, 0.2) is 18.2 Å². The lowest BCUT2D eigenvalue weighted by Gasteiger charge is -2.21. The van der Waals surface area contributed by atoms with Crippen LogP contribution >= 0.6 is 0 Å². The molecule has 0 unspecified atom stereocenters. The molecule has 3 N–H and O–H groups in total. The van der Waals surface area contributed by atoms with Crippen LogP contribution in [0.3, 0.4) is 0 Å². The largest absolute Gasteiger partial charge is 0.355 e. The fraction of sp³-hybridized carbons (Fsp3) is 0.500. The maximum absolute atomic E-state index is 13.3. The minimum atomic E-state index is -0.277. The van der Waals surface area contributed by atoms with Crippen LogP contribution in [-0.4, -0.2) is 30.4 Å². The Hall–Kier alpha value is -1.46. The highest BCUT2D eigenvalue weighted by molar-refractivity contribution is 5.77. The first-order chi connectivity index (χ1) is 9.10. The minimum Gasteiger partial charge on any atom is -0.355 e. The Labute approximate surface area is 113 Å². The summed E-state index contributed by atoms with van der Waals surface area (Å²) in [6.07, 6.45) is 0. The van der Waals surface area contributed by atoms with Gasteiger partial charge < -0.3 is 11.1 Å². The lowest BCUT2D eigenvalue weighted by molar-refractivity contribution is -0.122. The molecule has 0 aliphatic rings. The highest BCUT2D eigenvalue weighted by atomic mass is 19.1. The van der Waals surface area contributed by atoms with Crippen LogP contribution in [0.1, 0.15) is 25.0 Å². The number of nitrogens with two attached hydrogens (primary N) is 1. The number of amides is 1. The predicted molar refractivity (Wildman–Crippen MR) is 73.9 cm³/mol. The molecule has 0 saturated carbocycles. The van der Waals surface area contributed by atoms with Gasteiger partial charge in [0.1, 0.15) is 5.82 Å². The van der Waals surface area contributed by atoms with Gasteiger partial charge in [0.2, 0.25) is 5.91 Å². The number of halogens is 1. The zero-order valence-corrected chi connectivity index (χ0v) is 11.6. The van der Waals surface area contributed by atoms with Crippen molar-refractivity contribution in [3.8, 4) is 0 Å². The number of rotatable bonds is 7. The highest BCUT2D eigenvalue weighted by Crippen LogP contribution is 2.13. The predicted octanol–water partition coefficient (Wildman–Crippen LogP) is 1.24. The number of benzene rings is 1. The van der Waals surface area contributed by atoms with Gasteiger partial charge >= 0.3 is 0 Å². The number of hydrogen-bond acceptors (Lipinski definition) is 3. The molecule has 0 radical (unpaired) electrons. The van der Waals surface area contributed by atoms with Crippen molar-refractivity contribution in [1.82, 2.24) is 10.2 Å². The molecule has 1 aromatic carbocycles. The molecule has 0 fully saturated rings. The number of carbonyl (C=O) groups excluding carboxylic acids is 1. The molecule has 1 amide bonds. The normalized spacial score (nSPS) is 10.8. The molecule has 0 aliphatic heterocycles. The van der Waals surface area contributed by atoms with Crippen molar-refractivity contribution in [2.24, 2.45) is 5.73 Å². The Kier molecular flexibility index (Phi) is 6.45. The topological polar surface area (TPSA) is 58.4 Å². The third-order valence-corrected chi connectivity index (χ3v) is 2.97. The van der Waals surface area contributed by atoms with E-state index in [0.717, 1.165) is 17.7 Å². The lowest BCUT2D eigenvalue weighted by Crippen LogP contribution is -2.36. The number of hydrogen-bond donors (Lipinski definition) is 2. The summed E-state index contributed by atoms with van der Waals surface area (Å²) in [5, 5.41) is 2.76. The van der Waals surface area contributed by atoms with E-state index in [9.17, 15) is 9.18 Å². The molecule has 0 saturated heterocycles. The van der Waals surface area contributed by atoms with E-state index in [1.807, 2.05) is 18.7 Å². The number of nitrogens with zero attached hydrogens (tertiary/aromatic N) is 1. The molecule has 5 heteroatoms. The van der Waals surface area contributed by atoms with Gasteiger partial charge in [-0.25, -0.2) is 4.39 Å². The quantitative estimate of drug-likeness (QED) is 0.781. The summed E-state index contributed by atoms with van der Waals surface area (Å²) in [6, 6.07) is 4.60. The van der Waals surface area contributed by atoms with Gasteiger partial charge in [0, 0.05) is 19.6 Å². The molecular weight excluding hydrogens is 245 g/mol. The summed E-state index contributed by atoms with van der Waals surface area (Å²) >= 11 is 0. The average molecular weight is 267 g/mol. The second kappa shape index (κ2) is 7.86. The van der Waals surface area contributed by atoms with Crippen LogP contribution < -0.4 is 11.1 Å². The van der Waals surface area contributed by atoms with Crippen molar-refractivity contribution >= 4 is 5.91 Å². The van der Waals surface area contributed by atoms with Crippen LogP contribution in [0.25, 0.3) is 0 Å². The van der Waals surface area contributed by atoms with Crippen molar-refractivity contribution < 1.29 is 9.18 Å². The highest BCUT2D eigenvalue weighted by Gasteiger charge is 2.11. The Balaban J connectivity index is 2.74. The second-order valence-electron chi connectivity index (χ2n) is 4.37. The first-order valence-electron chi connectivity index (χ1n) is 6.57. The molecule has 1 aromatic rings. The fourth-order valence-corrected chi connectivity index (χ4v) is 1.92. The van der Waals surface area contributed by atoms with Crippen LogP contribution in [0.2, 0.25) is 0 Å². The summed E-state index contributed by atoms with van der Waals surface area (Å²) < 4.78 is 13.3. The molecule has 106 valence electrons. The third-order valence-electron chi connectivity index (χ3n) is 2.97. The molecule has 0 heterocycles. The minimum absolute atomic E-state index is 0.0185. The van der Waals surface area contributed by atoms with E-state index in [4.69, 9.17) is 5.73 Å². The fourth-order valence-electron chi connectivity index (χ4n) is 1.92. The Bertz CT molecular complexity index is 423. The van der Waals surface area contributed by atoms with Gasteiger partial charge in [0.15, 0.2) is 0 Å². The van der Waals surface area contributed by atoms with E-state index in [1.165, 1.54) is 12.1 Å². The molecule has 1 rings (SSSR count). The zero-order chi connectivity index (χ0) is 14.3. The van der Waals surface area contributed by atoms with E-state index in [1.54, 1.807) is 6.07 Å². The van der Waals surface area contributed by atoms with Gasteiger partial charge in [0.05, 0.1) is 6.54 Å². The molecule has 0 aliphatic carbocycles. The SMILES string of the molecule is CCNC(=O)CN(CC)Cc1cc(F)ccc1CN. The Morgan fingerprint density at radius 2 is 2.11 bits per heavy atom. The summed E-state index contributed by atoms with van der Waals surface area (Å²) in [7, 11) is 0. The van der Waals surface area contributed by atoms with Gasteiger partial charge in [-0.2, -0.15) is 0 Å². The standard InChI is InChI=1S/C14H22FN3O/c1-3-17-14(19)10-18(4-2)9-12-7-13(15)6-5-11(12)8-16/h5-7H,3-4,8-10,16H2,1-2H3,(H,17,19). The van der Waals surface area contributed by atoms with Gasteiger partial charge in [0.25, 0.3) is 0 Å². The van der Waals surface area contributed by atoms with Crippen molar-refractivity contribution in [3.05, 3.63) is 35.1 Å². The van der Waals surface area contributed by atoms with E-state index >= 15 is 0 Å². The number of carbonyl (C=O) groups is 1. The Morgan fingerprint density at radius 3 is 2.68 bits per heavy atom. The number of likely N-dealkylation sites (N-methyl/N-ethyl adjacent to an activating group) is 2. The van der Waals surface area contributed by atoms with Crippen molar-refractivity contribution in [2.75, 3.05) is 19.6 Å². The summed E-state index contributed by atoms with van der Waals surface area (Å²) in [4.78, 5) is 13.5. The van der Waals surface area contributed by atoms with E-state index in [2.05, 4.69) is 5.32 Å². The van der Waals surface area contributed by atoms with Crippen LogP contribution in [0, 0.1) is 5.82 Å². The molecule has 0 atom stereocenters. The molecule has 4 nitrogen and oxygen atoms in total. The molecule has 0 spiro atoms. The van der Waals surface area contributed by atoms with E-state index in [0.29, 0.717) is 26.2 Å². The van der Waals surface area contributed by atoms with Crippen LogP contribution in [0.4, 0.5) is 4.39 Å². The Morgan fingerprint density at radius 1 is 1.37 bits per heavy atom. The average Bonchev–Trinajstić information content (AvgIpc) is 2.38. The maximum atomic E-state index is 13.3. The third kappa shape index (κ3) is 4.96. The smallest absolute Gasteiger partial charge is 0.234 e. The van der Waals surface area contributed by atoms with E-state index in [-0.39, 0.29) is 11.7 Å². The second-order valence-corrected chi connectivity index (χ2v) is 4.37. The molecule has 0 aromatic heterocycles. The maximum Gasteiger partial charge on any atom is 0.234 e. The number of nitrogens with one attached hydrogen (secondary N) is 1. The summed E-state index contributed by atoms with van der Waals surface area (Å²) in [5.41, 5.74) is 7.40. The zero-order valence-electron chi connectivity index (χ0n) is 11.6. The van der Waals surface area contributed by atoms with Gasteiger partial charge in [-0.1, -0.05) is 13.0 Å². The van der Waals surface area contributed by atoms with Crippen molar-refractivity contribution in [1.29, 1.82) is 0 Å². The first kappa shape index (κ1) is 15.6. The van der Waals surface area contributed by atoms with Crippen molar-refractivity contribution in [2.45, 2.75) is 26.9 Å². The van der Waals surface area contributed by atoms with Gasteiger partial charge in [-0.15, -0.1) is 0 Å².